The average molecular weight is 411 g/mol. The number of aromatic nitrogens is 3. The molecule has 0 spiro atoms. The van der Waals surface area contributed by atoms with Crippen LogP contribution in [0.3, 0.4) is 0 Å². The number of nitrogens with zero attached hydrogens (tertiary/aromatic N) is 3. The van der Waals surface area contributed by atoms with Crippen LogP contribution in [0.4, 0.5) is 11.6 Å². The fourth-order valence-electron chi connectivity index (χ4n) is 2.44. The van der Waals surface area contributed by atoms with Crippen LogP contribution in [0.1, 0.15) is 12.5 Å². The van der Waals surface area contributed by atoms with Crippen LogP contribution in [0.2, 0.25) is 5.28 Å². The molecule has 0 amide bonds. The van der Waals surface area contributed by atoms with E-state index in [1.807, 2.05) is 48.5 Å². The summed E-state index contributed by atoms with van der Waals surface area (Å²) in [5, 5.41) is 3.19. The van der Waals surface area contributed by atoms with Gasteiger partial charge in [-0.15, -0.1) is 0 Å². The Morgan fingerprint density at radius 3 is 2.45 bits per heavy atom. The molecule has 1 heterocycles. The second-order valence-corrected chi connectivity index (χ2v) is 6.15. The van der Waals surface area contributed by atoms with Crippen molar-refractivity contribution in [2.75, 3.05) is 19.0 Å². The Morgan fingerprint density at radius 2 is 1.79 bits per heavy atom. The van der Waals surface area contributed by atoms with Crippen molar-refractivity contribution in [3.8, 4) is 17.1 Å². The highest BCUT2D eigenvalue weighted by molar-refractivity contribution is 6.28. The van der Waals surface area contributed by atoms with Crippen LogP contribution >= 0.6 is 11.6 Å². The lowest BCUT2D eigenvalue weighted by molar-refractivity contribution is -0.137. The van der Waals surface area contributed by atoms with Crippen molar-refractivity contribution in [1.82, 2.24) is 15.0 Å². The van der Waals surface area contributed by atoms with Crippen molar-refractivity contribution in [3.63, 3.8) is 0 Å². The molecule has 0 fully saturated rings. The number of halogens is 1. The van der Waals surface area contributed by atoms with Crippen LogP contribution in [-0.2, 0) is 9.53 Å². The van der Waals surface area contributed by atoms with Gasteiger partial charge in [0.2, 0.25) is 11.2 Å². The lowest BCUT2D eigenvalue weighted by atomic mass is 10.2. The SMILES string of the molecule is CCOC(=O)/C=C/c1ccc(Nc2nc(Cl)nc(-c3ccc(OC)cc3)n2)cc1. The predicted molar refractivity (Wildman–Crippen MR) is 112 cm³/mol. The summed E-state index contributed by atoms with van der Waals surface area (Å²) in [7, 11) is 1.61. The lowest BCUT2D eigenvalue weighted by Gasteiger charge is -2.08. The van der Waals surface area contributed by atoms with E-state index < -0.39 is 0 Å². The maximum absolute atomic E-state index is 11.4. The predicted octanol–water partition coefficient (Wildman–Crippen LogP) is 4.52. The second-order valence-electron chi connectivity index (χ2n) is 5.81. The summed E-state index contributed by atoms with van der Waals surface area (Å²) < 4.78 is 10.0. The van der Waals surface area contributed by atoms with Gasteiger partial charge in [0.1, 0.15) is 5.75 Å². The maximum atomic E-state index is 11.4. The quantitative estimate of drug-likeness (QED) is 0.452. The van der Waals surface area contributed by atoms with Crippen LogP contribution in [-0.4, -0.2) is 34.6 Å². The molecule has 0 unspecified atom stereocenters. The molecule has 0 radical (unpaired) electrons. The fraction of sp³-hybridized carbons (Fsp3) is 0.143. The zero-order valence-corrected chi connectivity index (χ0v) is 16.7. The van der Waals surface area contributed by atoms with Gasteiger partial charge in [-0.05, 0) is 66.6 Å². The van der Waals surface area contributed by atoms with Crippen LogP contribution in [0.25, 0.3) is 17.5 Å². The van der Waals surface area contributed by atoms with E-state index in [0.29, 0.717) is 18.4 Å². The molecular formula is C21H19ClN4O3. The minimum Gasteiger partial charge on any atom is -0.497 e. The Kier molecular flexibility index (Phi) is 6.76. The Morgan fingerprint density at radius 1 is 1.07 bits per heavy atom. The molecule has 0 bridgehead atoms. The Labute approximate surface area is 173 Å². The van der Waals surface area contributed by atoms with Gasteiger partial charge in [-0.3, -0.25) is 0 Å². The van der Waals surface area contributed by atoms with Gasteiger partial charge < -0.3 is 14.8 Å². The zero-order chi connectivity index (χ0) is 20.6. The van der Waals surface area contributed by atoms with Crippen molar-refractivity contribution >= 4 is 35.3 Å². The van der Waals surface area contributed by atoms with E-state index in [0.717, 1.165) is 22.6 Å². The maximum Gasteiger partial charge on any atom is 0.330 e. The Hall–Kier alpha value is -3.45. The standard InChI is InChI=1S/C21H19ClN4O3/c1-3-29-18(27)13-6-14-4-9-16(10-5-14)23-21-25-19(24-20(22)26-21)15-7-11-17(28-2)12-8-15/h4-13H,3H2,1-2H3,(H,23,24,25,26)/b13-6+. The average Bonchev–Trinajstić information content (AvgIpc) is 2.73. The number of ether oxygens (including phenoxy) is 2. The minimum absolute atomic E-state index is 0.0855. The highest BCUT2D eigenvalue weighted by atomic mass is 35.5. The summed E-state index contributed by atoms with van der Waals surface area (Å²) in [6.07, 6.45) is 3.07. The number of hydrogen-bond donors (Lipinski definition) is 1. The first kappa shape index (κ1) is 20.3. The van der Waals surface area contributed by atoms with Crippen molar-refractivity contribution < 1.29 is 14.3 Å². The van der Waals surface area contributed by atoms with Crippen LogP contribution in [0.15, 0.2) is 54.6 Å². The summed E-state index contributed by atoms with van der Waals surface area (Å²) in [5.74, 6) is 1.14. The van der Waals surface area contributed by atoms with Crippen LogP contribution in [0.5, 0.6) is 5.75 Å². The van der Waals surface area contributed by atoms with Crippen LogP contribution < -0.4 is 10.1 Å². The number of benzene rings is 2. The Balaban J connectivity index is 1.74. The first-order valence-electron chi connectivity index (χ1n) is 8.85. The normalized spacial score (nSPS) is 10.7. The number of methoxy groups -OCH3 is 1. The van der Waals surface area contributed by atoms with Gasteiger partial charge in [0, 0.05) is 17.3 Å². The number of esters is 1. The van der Waals surface area contributed by atoms with E-state index >= 15 is 0 Å². The smallest absolute Gasteiger partial charge is 0.330 e. The summed E-state index contributed by atoms with van der Waals surface area (Å²) >= 11 is 6.07. The topological polar surface area (TPSA) is 86.2 Å². The molecule has 148 valence electrons. The molecule has 0 aliphatic rings. The zero-order valence-electron chi connectivity index (χ0n) is 15.9. The van der Waals surface area contributed by atoms with Gasteiger partial charge >= 0.3 is 5.97 Å². The molecule has 3 rings (SSSR count). The van der Waals surface area contributed by atoms with E-state index in [1.165, 1.54) is 6.08 Å². The third-order valence-corrected chi connectivity index (χ3v) is 3.99. The molecule has 0 aliphatic heterocycles. The molecular weight excluding hydrogens is 392 g/mol. The first-order valence-corrected chi connectivity index (χ1v) is 9.23. The molecule has 3 aromatic rings. The molecule has 1 aromatic heterocycles. The van der Waals surface area contributed by atoms with E-state index in [9.17, 15) is 4.79 Å². The van der Waals surface area contributed by atoms with Gasteiger partial charge in [0.15, 0.2) is 5.82 Å². The third-order valence-electron chi connectivity index (χ3n) is 3.82. The number of carbonyl (C=O) groups excluding carboxylic acids is 1. The van der Waals surface area contributed by atoms with Crippen LogP contribution in [0, 0.1) is 0 Å². The first-order chi connectivity index (χ1) is 14.1. The number of nitrogens with one attached hydrogen (secondary N) is 1. The summed E-state index contributed by atoms with van der Waals surface area (Å²) in [6.45, 7) is 2.11. The fourth-order valence-corrected chi connectivity index (χ4v) is 2.60. The Bertz CT molecular complexity index is 1010. The largest absolute Gasteiger partial charge is 0.497 e. The van der Waals surface area contributed by atoms with Crippen molar-refractivity contribution in [3.05, 3.63) is 65.5 Å². The molecule has 8 heteroatoms. The highest BCUT2D eigenvalue weighted by Crippen LogP contribution is 2.22. The molecule has 29 heavy (non-hydrogen) atoms. The molecule has 1 N–H and O–H groups in total. The molecule has 7 nitrogen and oxygen atoms in total. The van der Waals surface area contributed by atoms with Gasteiger partial charge in [0.25, 0.3) is 0 Å². The number of anilines is 2. The van der Waals surface area contributed by atoms with Gasteiger partial charge in [-0.1, -0.05) is 12.1 Å². The number of rotatable bonds is 7. The lowest BCUT2D eigenvalue weighted by Crippen LogP contribution is -2.01. The van der Waals surface area contributed by atoms with Crippen molar-refractivity contribution in [2.24, 2.45) is 0 Å². The van der Waals surface area contributed by atoms with Gasteiger partial charge in [-0.25, -0.2) is 4.79 Å². The molecule has 2 aromatic carbocycles. The molecule has 0 aliphatic carbocycles. The minimum atomic E-state index is -0.374. The summed E-state index contributed by atoms with van der Waals surface area (Å²) in [5.41, 5.74) is 2.41. The van der Waals surface area contributed by atoms with Gasteiger partial charge in [0.05, 0.1) is 13.7 Å². The van der Waals surface area contributed by atoms with E-state index in [1.54, 1.807) is 20.1 Å². The monoisotopic (exact) mass is 410 g/mol. The summed E-state index contributed by atoms with van der Waals surface area (Å²) in [6, 6.07) is 14.7. The molecule has 0 saturated heterocycles. The van der Waals surface area contributed by atoms with Gasteiger partial charge in [-0.2, -0.15) is 15.0 Å². The highest BCUT2D eigenvalue weighted by Gasteiger charge is 2.08. The number of hydrogen-bond acceptors (Lipinski definition) is 7. The number of carbonyl (C=O) groups is 1. The third kappa shape index (κ3) is 5.76. The van der Waals surface area contributed by atoms with Crippen molar-refractivity contribution in [2.45, 2.75) is 6.92 Å². The molecule has 0 saturated carbocycles. The van der Waals surface area contributed by atoms with Crippen molar-refractivity contribution in [1.29, 1.82) is 0 Å². The van der Waals surface area contributed by atoms with E-state index in [4.69, 9.17) is 21.1 Å². The van der Waals surface area contributed by atoms with E-state index in [-0.39, 0.29) is 11.3 Å². The summed E-state index contributed by atoms with van der Waals surface area (Å²) in [4.78, 5) is 24.1. The molecule has 0 atom stereocenters. The second kappa shape index (κ2) is 9.66. The van der Waals surface area contributed by atoms with E-state index in [2.05, 4.69) is 20.3 Å².